The largest absolute Gasteiger partial charge is 0.393 e. The van der Waals surface area contributed by atoms with Gasteiger partial charge in [-0.2, -0.15) is 0 Å². The van der Waals surface area contributed by atoms with Crippen LogP contribution in [0, 0.1) is 5.92 Å². The molecule has 1 aliphatic carbocycles. The maximum atomic E-state index is 12.6. The Kier molecular flexibility index (Phi) is 5.69. The zero-order valence-corrected chi connectivity index (χ0v) is 15.8. The number of piperidine rings is 1. The van der Waals surface area contributed by atoms with Gasteiger partial charge in [0.15, 0.2) is 0 Å². The number of benzene rings is 1. The number of carbonyl (C=O) groups excluding carboxylic acids is 1. The van der Waals surface area contributed by atoms with Crippen molar-refractivity contribution in [2.45, 2.75) is 50.7 Å². The molecule has 1 aromatic heterocycles. The molecular weight excluding hydrogens is 338 g/mol. The summed E-state index contributed by atoms with van der Waals surface area (Å²) >= 11 is 0. The highest BCUT2D eigenvalue weighted by Gasteiger charge is 2.35. The third-order valence-electron chi connectivity index (χ3n) is 6.01. The van der Waals surface area contributed by atoms with E-state index in [1.165, 1.54) is 19.3 Å². The van der Waals surface area contributed by atoms with Crippen LogP contribution in [0.3, 0.4) is 0 Å². The molecule has 0 radical (unpaired) electrons. The smallest absolute Gasteiger partial charge is 0.221 e. The second-order valence-electron chi connectivity index (χ2n) is 8.04. The molecule has 2 aliphatic rings. The van der Waals surface area contributed by atoms with Gasteiger partial charge in [0.25, 0.3) is 0 Å². The number of likely N-dealkylation sites (tertiary alicyclic amines) is 1. The molecule has 1 amide bonds. The zero-order valence-electron chi connectivity index (χ0n) is 15.8. The molecule has 27 heavy (non-hydrogen) atoms. The number of fused-ring (bicyclic) bond motifs is 1. The Balaban J connectivity index is 1.44. The first-order valence-electron chi connectivity index (χ1n) is 10.2. The van der Waals surface area contributed by atoms with Gasteiger partial charge < -0.3 is 15.3 Å². The molecule has 1 unspecified atom stereocenters. The molecule has 0 bridgehead atoms. The Morgan fingerprint density at radius 2 is 2.00 bits per heavy atom. The van der Waals surface area contributed by atoms with Crippen molar-refractivity contribution >= 4 is 16.8 Å². The van der Waals surface area contributed by atoms with Crippen molar-refractivity contribution in [3.8, 4) is 0 Å². The van der Waals surface area contributed by atoms with Gasteiger partial charge in [-0.15, -0.1) is 0 Å². The van der Waals surface area contributed by atoms with E-state index in [0.717, 1.165) is 48.9 Å². The molecule has 1 aliphatic heterocycles. The molecule has 2 heterocycles. The van der Waals surface area contributed by atoms with Crippen molar-refractivity contribution < 1.29 is 9.90 Å². The van der Waals surface area contributed by atoms with E-state index in [1.54, 1.807) is 0 Å². The topological polar surface area (TPSA) is 65.5 Å². The fourth-order valence-corrected chi connectivity index (χ4v) is 4.32. The van der Waals surface area contributed by atoms with E-state index in [-0.39, 0.29) is 24.0 Å². The summed E-state index contributed by atoms with van der Waals surface area (Å²) in [7, 11) is 0. The maximum Gasteiger partial charge on any atom is 0.221 e. The van der Waals surface area contributed by atoms with Gasteiger partial charge in [0.2, 0.25) is 5.91 Å². The lowest BCUT2D eigenvalue weighted by Crippen LogP contribution is -2.42. The van der Waals surface area contributed by atoms with E-state index >= 15 is 0 Å². The van der Waals surface area contributed by atoms with Gasteiger partial charge in [-0.1, -0.05) is 24.6 Å². The van der Waals surface area contributed by atoms with Crippen LogP contribution in [0.4, 0.5) is 0 Å². The Morgan fingerprint density at radius 3 is 2.78 bits per heavy atom. The Hall–Kier alpha value is -1.98. The molecule has 4 rings (SSSR count). The summed E-state index contributed by atoms with van der Waals surface area (Å²) in [5.41, 5.74) is 2.00. The highest BCUT2D eigenvalue weighted by Crippen LogP contribution is 2.38. The fraction of sp³-hybridized carbons (Fsp3) is 0.545. The van der Waals surface area contributed by atoms with Gasteiger partial charge in [0, 0.05) is 24.5 Å². The summed E-state index contributed by atoms with van der Waals surface area (Å²) in [5, 5.41) is 14.1. The Bertz CT molecular complexity index is 782. The summed E-state index contributed by atoms with van der Waals surface area (Å²) in [6.45, 7) is 3.06. The molecular formula is C22H29N3O2. The molecule has 144 valence electrons. The predicted molar refractivity (Wildman–Crippen MR) is 106 cm³/mol. The van der Waals surface area contributed by atoms with Gasteiger partial charge in [-0.25, -0.2) is 0 Å². The van der Waals surface area contributed by atoms with Crippen molar-refractivity contribution in [1.29, 1.82) is 0 Å². The monoisotopic (exact) mass is 367 g/mol. The highest BCUT2D eigenvalue weighted by molar-refractivity contribution is 5.80. The van der Waals surface area contributed by atoms with Crippen LogP contribution in [0.15, 0.2) is 36.5 Å². The molecule has 5 heteroatoms. The molecule has 1 atom stereocenters. The number of amides is 1. The molecule has 2 fully saturated rings. The summed E-state index contributed by atoms with van der Waals surface area (Å²) in [6.07, 6.45) is 7.45. The van der Waals surface area contributed by atoms with Crippen molar-refractivity contribution in [1.82, 2.24) is 15.2 Å². The van der Waals surface area contributed by atoms with Crippen molar-refractivity contribution in [3.63, 3.8) is 0 Å². The van der Waals surface area contributed by atoms with E-state index in [9.17, 15) is 9.90 Å². The van der Waals surface area contributed by atoms with Crippen LogP contribution in [0.25, 0.3) is 10.9 Å². The third-order valence-corrected chi connectivity index (χ3v) is 6.01. The quantitative estimate of drug-likeness (QED) is 0.824. The first kappa shape index (κ1) is 18.4. The maximum absolute atomic E-state index is 12.6. The van der Waals surface area contributed by atoms with E-state index in [1.807, 2.05) is 24.4 Å². The number of hydrogen-bond donors (Lipinski definition) is 2. The van der Waals surface area contributed by atoms with Crippen molar-refractivity contribution in [3.05, 3.63) is 42.1 Å². The Morgan fingerprint density at radius 1 is 1.22 bits per heavy atom. The van der Waals surface area contributed by atoms with Crippen molar-refractivity contribution in [2.24, 2.45) is 5.92 Å². The van der Waals surface area contributed by atoms with E-state index < -0.39 is 0 Å². The molecule has 1 aromatic carbocycles. The zero-order chi connectivity index (χ0) is 18.6. The Labute approximate surface area is 160 Å². The molecule has 1 saturated carbocycles. The average molecular weight is 367 g/mol. The minimum atomic E-state index is -0.240. The first-order chi connectivity index (χ1) is 13.2. The number of carbonyl (C=O) groups is 1. The summed E-state index contributed by atoms with van der Waals surface area (Å²) in [5.74, 6) is 0.377. The number of hydrogen-bond acceptors (Lipinski definition) is 4. The normalized spacial score (nSPS) is 24.3. The number of aliphatic hydroxyl groups is 1. The van der Waals surface area contributed by atoms with E-state index in [4.69, 9.17) is 0 Å². The van der Waals surface area contributed by atoms with Crippen LogP contribution in [-0.2, 0) is 4.79 Å². The lowest BCUT2D eigenvalue weighted by Gasteiger charge is -2.38. The summed E-state index contributed by atoms with van der Waals surface area (Å²) in [4.78, 5) is 19.6. The van der Waals surface area contributed by atoms with Crippen LogP contribution in [0.5, 0.6) is 0 Å². The summed E-state index contributed by atoms with van der Waals surface area (Å²) in [6, 6.07) is 10.1. The lowest BCUT2D eigenvalue weighted by molar-refractivity contribution is -0.123. The van der Waals surface area contributed by atoms with E-state index in [2.05, 4.69) is 27.3 Å². The van der Waals surface area contributed by atoms with E-state index in [0.29, 0.717) is 6.42 Å². The van der Waals surface area contributed by atoms with Gasteiger partial charge in [0.05, 0.1) is 17.7 Å². The second kappa shape index (κ2) is 8.36. The second-order valence-corrected chi connectivity index (χ2v) is 8.04. The molecule has 1 saturated heterocycles. The first-order valence-corrected chi connectivity index (χ1v) is 10.2. The van der Waals surface area contributed by atoms with Gasteiger partial charge >= 0.3 is 0 Å². The number of nitrogens with one attached hydrogen (secondary N) is 1. The van der Waals surface area contributed by atoms with Gasteiger partial charge in [-0.3, -0.25) is 9.78 Å². The van der Waals surface area contributed by atoms with Crippen LogP contribution < -0.4 is 5.32 Å². The number of para-hydroxylation sites is 1. The standard InChI is InChI=1S/C22H29N3O2/c26-19-13-17(14-19)22(18-12-16-6-2-3-7-20(16)23-15-18)24-21(27)8-11-25-9-4-1-5-10-25/h2-3,6-7,12,15,17,19,22,26H,1,4-5,8-11,13-14H2,(H,24,27). The van der Waals surface area contributed by atoms with Crippen molar-refractivity contribution in [2.75, 3.05) is 19.6 Å². The molecule has 0 spiro atoms. The van der Waals surface area contributed by atoms with Crippen LogP contribution in [0.1, 0.15) is 50.1 Å². The summed E-state index contributed by atoms with van der Waals surface area (Å²) < 4.78 is 0. The number of rotatable bonds is 6. The molecule has 2 N–H and O–H groups in total. The van der Waals surface area contributed by atoms with Crippen LogP contribution in [0.2, 0.25) is 0 Å². The minimum absolute atomic E-state index is 0.0700. The van der Waals surface area contributed by atoms with Gasteiger partial charge in [0.1, 0.15) is 0 Å². The van der Waals surface area contributed by atoms with Gasteiger partial charge in [-0.05, 0) is 62.4 Å². The number of aromatic nitrogens is 1. The highest BCUT2D eigenvalue weighted by atomic mass is 16.3. The SMILES string of the molecule is O=C(CCN1CCCCC1)NC(c1cnc2ccccc2c1)C1CC(O)C1. The fourth-order valence-electron chi connectivity index (χ4n) is 4.32. The molecule has 2 aromatic rings. The number of nitrogens with zero attached hydrogens (tertiary/aromatic N) is 2. The van der Waals surface area contributed by atoms with Crippen LogP contribution in [-0.4, -0.2) is 46.6 Å². The number of pyridine rings is 1. The average Bonchev–Trinajstić information content (AvgIpc) is 2.69. The minimum Gasteiger partial charge on any atom is -0.393 e. The van der Waals surface area contributed by atoms with Crippen LogP contribution >= 0.6 is 0 Å². The third kappa shape index (κ3) is 4.47. The predicted octanol–water partition coefficient (Wildman–Crippen LogP) is 3.04. The number of aliphatic hydroxyl groups excluding tert-OH is 1. The molecule has 5 nitrogen and oxygen atoms in total. The lowest BCUT2D eigenvalue weighted by atomic mass is 9.75.